The van der Waals surface area contributed by atoms with Gasteiger partial charge < -0.3 is 10.4 Å². The van der Waals surface area contributed by atoms with Crippen LogP contribution in [0.1, 0.15) is 31.9 Å². The van der Waals surface area contributed by atoms with Crippen LogP contribution in [0.4, 0.5) is 0 Å². The highest BCUT2D eigenvalue weighted by atomic mass is 35.5. The summed E-state index contributed by atoms with van der Waals surface area (Å²) in [7, 11) is 0. The van der Waals surface area contributed by atoms with E-state index in [0.717, 1.165) is 17.0 Å². The molecule has 0 heterocycles. The molecule has 0 aliphatic heterocycles. The molecule has 1 aromatic carbocycles. The van der Waals surface area contributed by atoms with Gasteiger partial charge in [-0.05, 0) is 25.0 Å². The Labute approximate surface area is 96.3 Å². The van der Waals surface area contributed by atoms with Gasteiger partial charge in [0, 0.05) is 17.1 Å². The fourth-order valence-electron chi connectivity index (χ4n) is 1.57. The third-order valence-corrected chi connectivity index (χ3v) is 2.91. The van der Waals surface area contributed by atoms with Crippen molar-refractivity contribution in [3.63, 3.8) is 0 Å². The minimum Gasteiger partial charge on any atom is -0.395 e. The lowest BCUT2D eigenvalue weighted by Gasteiger charge is -2.21. The number of benzene rings is 1. The molecule has 2 atom stereocenters. The van der Waals surface area contributed by atoms with Crippen LogP contribution in [0.5, 0.6) is 0 Å². The van der Waals surface area contributed by atoms with Gasteiger partial charge in [-0.25, -0.2) is 0 Å². The van der Waals surface area contributed by atoms with E-state index < -0.39 is 0 Å². The van der Waals surface area contributed by atoms with Crippen molar-refractivity contribution in [2.45, 2.75) is 32.4 Å². The van der Waals surface area contributed by atoms with Crippen LogP contribution in [-0.4, -0.2) is 17.8 Å². The maximum Gasteiger partial charge on any atom is 0.0584 e. The van der Waals surface area contributed by atoms with Gasteiger partial charge in [-0.2, -0.15) is 0 Å². The minimum atomic E-state index is 0.135. The smallest absolute Gasteiger partial charge is 0.0584 e. The molecule has 0 aliphatic carbocycles. The summed E-state index contributed by atoms with van der Waals surface area (Å²) in [5.74, 6) is 0. The summed E-state index contributed by atoms with van der Waals surface area (Å²) in [5.41, 5.74) is 1.08. The van der Waals surface area contributed by atoms with Crippen LogP contribution in [0.2, 0.25) is 5.02 Å². The van der Waals surface area contributed by atoms with Crippen molar-refractivity contribution in [3.05, 3.63) is 34.9 Å². The summed E-state index contributed by atoms with van der Waals surface area (Å²) in [6, 6.07) is 8.08. The monoisotopic (exact) mass is 227 g/mol. The van der Waals surface area contributed by atoms with Gasteiger partial charge in [0.25, 0.3) is 0 Å². The van der Waals surface area contributed by atoms with Crippen LogP contribution in [0.15, 0.2) is 24.3 Å². The van der Waals surface area contributed by atoms with Crippen molar-refractivity contribution in [2.75, 3.05) is 6.61 Å². The van der Waals surface area contributed by atoms with Crippen LogP contribution in [0, 0.1) is 0 Å². The molecule has 0 aliphatic rings. The van der Waals surface area contributed by atoms with Crippen molar-refractivity contribution in [3.8, 4) is 0 Å². The van der Waals surface area contributed by atoms with Gasteiger partial charge in [-0.15, -0.1) is 0 Å². The van der Waals surface area contributed by atoms with E-state index in [0.29, 0.717) is 0 Å². The van der Waals surface area contributed by atoms with Crippen molar-refractivity contribution >= 4 is 11.6 Å². The van der Waals surface area contributed by atoms with E-state index >= 15 is 0 Å². The highest BCUT2D eigenvalue weighted by Crippen LogP contribution is 2.22. The van der Waals surface area contributed by atoms with Gasteiger partial charge in [-0.1, -0.05) is 36.7 Å². The van der Waals surface area contributed by atoms with Gasteiger partial charge >= 0.3 is 0 Å². The van der Waals surface area contributed by atoms with Crippen LogP contribution in [0.25, 0.3) is 0 Å². The molecular formula is C12H18ClNO. The molecule has 0 saturated heterocycles. The van der Waals surface area contributed by atoms with Crippen LogP contribution >= 0.6 is 11.6 Å². The zero-order valence-electron chi connectivity index (χ0n) is 9.20. The second-order valence-corrected chi connectivity index (χ2v) is 4.10. The predicted octanol–water partition coefficient (Wildman–Crippen LogP) is 2.76. The average Bonchev–Trinajstić information content (AvgIpc) is 2.26. The lowest BCUT2D eigenvalue weighted by atomic mass is 10.1. The molecule has 0 bridgehead atoms. The first kappa shape index (κ1) is 12.5. The Balaban J connectivity index is 2.68. The molecule has 1 aromatic rings. The van der Waals surface area contributed by atoms with E-state index in [2.05, 4.69) is 12.2 Å². The molecule has 2 nitrogen and oxygen atoms in total. The Morgan fingerprint density at radius 2 is 2.07 bits per heavy atom. The fraction of sp³-hybridized carbons (Fsp3) is 0.500. The van der Waals surface area contributed by atoms with E-state index in [1.807, 2.05) is 31.2 Å². The Kier molecular flexibility index (Phi) is 5.09. The number of nitrogens with one attached hydrogen (secondary N) is 1. The molecule has 15 heavy (non-hydrogen) atoms. The quantitative estimate of drug-likeness (QED) is 0.811. The Bertz CT molecular complexity index is 299. The summed E-state index contributed by atoms with van der Waals surface area (Å²) < 4.78 is 0. The Morgan fingerprint density at radius 1 is 1.40 bits per heavy atom. The number of hydrogen-bond acceptors (Lipinski definition) is 2. The molecule has 1 rings (SSSR count). The molecule has 84 valence electrons. The van der Waals surface area contributed by atoms with Gasteiger partial charge in [0.15, 0.2) is 0 Å². The Hall–Kier alpha value is -0.570. The SMILES string of the molecule is CC[C@H](CO)NC(C)c1ccccc1Cl. The molecule has 2 N–H and O–H groups in total. The van der Waals surface area contributed by atoms with E-state index in [-0.39, 0.29) is 18.7 Å². The first-order valence-corrected chi connectivity index (χ1v) is 5.68. The van der Waals surface area contributed by atoms with E-state index in [9.17, 15) is 0 Å². The summed E-state index contributed by atoms with van der Waals surface area (Å²) in [6.45, 7) is 4.26. The maximum absolute atomic E-state index is 9.10. The number of halogens is 1. The number of rotatable bonds is 5. The predicted molar refractivity (Wildman–Crippen MR) is 64.2 cm³/mol. The summed E-state index contributed by atoms with van der Waals surface area (Å²) >= 11 is 6.09. The molecule has 0 fully saturated rings. The molecule has 0 aromatic heterocycles. The first-order valence-electron chi connectivity index (χ1n) is 5.30. The van der Waals surface area contributed by atoms with Crippen molar-refractivity contribution in [2.24, 2.45) is 0 Å². The Morgan fingerprint density at radius 3 is 2.60 bits per heavy atom. The minimum absolute atomic E-state index is 0.135. The molecule has 0 amide bonds. The standard InChI is InChI=1S/C12H18ClNO/c1-3-10(8-15)14-9(2)11-6-4-5-7-12(11)13/h4-7,9-10,14-15H,3,8H2,1-2H3/t9?,10-/m1/s1. The van der Waals surface area contributed by atoms with Crippen LogP contribution < -0.4 is 5.32 Å². The van der Waals surface area contributed by atoms with E-state index in [1.165, 1.54) is 0 Å². The van der Waals surface area contributed by atoms with Crippen molar-refractivity contribution in [1.29, 1.82) is 0 Å². The lowest BCUT2D eigenvalue weighted by Crippen LogP contribution is -2.34. The van der Waals surface area contributed by atoms with Gasteiger partial charge in [0.05, 0.1) is 6.61 Å². The van der Waals surface area contributed by atoms with E-state index in [4.69, 9.17) is 16.7 Å². The average molecular weight is 228 g/mol. The second-order valence-electron chi connectivity index (χ2n) is 3.70. The normalized spacial score (nSPS) is 14.9. The molecule has 1 unspecified atom stereocenters. The summed E-state index contributed by atoms with van der Waals surface area (Å²) in [5, 5.41) is 13.2. The topological polar surface area (TPSA) is 32.3 Å². The molecule has 0 radical (unpaired) electrons. The number of hydrogen-bond donors (Lipinski definition) is 2. The maximum atomic E-state index is 9.10. The van der Waals surface area contributed by atoms with Gasteiger partial charge in [0.2, 0.25) is 0 Å². The van der Waals surface area contributed by atoms with Crippen LogP contribution in [-0.2, 0) is 0 Å². The first-order chi connectivity index (χ1) is 7.19. The molecule has 0 spiro atoms. The molecule has 3 heteroatoms. The van der Waals surface area contributed by atoms with Crippen LogP contribution in [0.3, 0.4) is 0 Å². The summed E-state index contributed by atoms with van der Waals surface area (Å²) in [6.07, 6.45) is 0.908. The summed E-state index contributed by atoms with van der Waals surface area (Å²) in [4.78, 5) is 0. The van der Waals surface area contributed by atoms with Gasteiger partial charge in [0.1, 0.15) is 0 Å². The third-order valence-electron chi connectivity index (χ3n) is 2.57. The van der Waals surface area contributed by atoms with Crippen molar-refractivity contribution in [1.82, 2.24) is 5.32 Å². The van der Waals surface area contributed by atoms with Crippen molar-refractivity contribution < 1.29 is 5.11 Å². The van der Waals surface area contributed by atoms with Gasteiger partial charge in [-0.3, -0.25) is 0 Å². The molecule has 0 saturated carbocycles. The zero-order valence-corrected chi connectivity index (χ0v) is 9.96. The fourth-order valence-corrected chi connectivity index (χ4v) is 1.87. The third kappa shape index (κ3) is 3.49. The highest BCUT2D eigenvalue weighted by Gasteiger charge is 2.12. The number of aliphatic hydroxyl groups is 1. The zero-order chi connectivity index (χ0) is 11.3. The number of aliphatic hydroxyl groups excluding tert-OH is 1. The molecular weight excluding hydrogens is 210 g/mol. The van der Waals surface area contributed by atoms with E-state index in [1.54, 1.807) is 0 Å². The lowest BCUT2D eigenvalue weighted by molar-refractivity contribution is 0.230. The second kappa shape index (κ2) is 6.11. The largest absolute Gasteiger partial charge is 0.395 e. The highest BCUT2D eigenvalue weighted by molar-refractivity contribution is 6.31.